The molecule has 1 N–H and O–H groups in total. The van der Waals surface area contributed by atoms with Crippen molar-refractivity contribution >= 4 is 23.1 Å². The van der Waals surface area contributed by atoms with E-state index in [1.54, 1.807) is 12.1 Å². The van der Waals surface area contributed by atoms with Crippen LogP contribution in [0.2, 0.25) is 0 Å². The number of hydrogen-bond donors (Lipinski definition) is 1. The van der Waals surface area contributed by atoms with Gasteiger partial charge in [0.15, 0.2) is 0 Å². The molecule has 1 saturated heterocycles. The van der Waals surface area contributed by atoms with E-state index in [0.717, 1.165) is 18.4 Å². The summed E-state index contributed by atoms with van der Waals surface area (Å²) in [7, 11) is 0. The topological polar surface area (TPSA) is 60.9 Å². The molecule has 2 heterocycles. The Hall–Kier alpha value is -2.99. The number of carbonyl (C=O) groups is 2. The highest BCUT2D eigenvalue weighted by Gasteiger charge is 2.43. The molecule has 0 bridgehead atoms. The molecule has 1 unspecified atom stereocenters. The van der Waals surface area contributed by atoms with Gasteiger partial charge in [-0.2, -0.15) is 0 Å². The molecule has 4 rings (SSSR count). The van der Waals surface area contributed by atoms with Crippen LogP contribution in [0.3, 0.4) is 0 Å². The molecular weight excluding hydrogens is 395 g/mol. The molecular formula is C25H27FN2O3. The Morgan fingerprint density at radius 2 is 1.71 bits per heavy atom. The lowest BCUT2D eigenvalue weighted by molar-refractivity contribution is -0.120. The number of aliphatic hydroxyl groups is 1. The number of nitrogens with zero attached hydrogens (tertiary/aromatic N) is 2. The predicted octanol–water partition coefficient (Wildman–Crippen LogP) is 3.94. The first-order chi connectivity index (χ1) is 14.9. The average molecular weight is 423 g/mol. The van der Waals surface area contributed by atoms with Gasteiger partial charge in [-0.1, -0.05) is 38.1 Å². The van der Waals surface area contributed by atoms with Gasteiger partial charge in [0.25, 0.3) is 11.8 Å². The molecule has 2 aliphatic rings. The van der Waals surface area contributed by atoms with Crippen molar-refractivity contribution in [3.63, 3.8) is 0 Å². The van der Waals surface area contributed by atoms with Gasteiger partial charge in [-0.3, -0.25) is 9.59 Å². The van der Waals surface area contributed by atoms with Crippen LogP contribution in [0.1, 0.15) is 43.7 Å². The maximum absolute atomic E-state index is 13.5. The number of rotatable bonds is 5. The van der Waals surface area contributed by atoms with Crippen LogP contribution >= 0.6 is 0 Å². The van der Waals surface area contributed by atoms with Crippen LogP contribution in [0.5, 0.6) is 0 Å². The number of imide groups is 1. The van der Waals surface area contributed by atoms with Crippen LogP contribution < -0.4 is 4.90 Å². The van der Waals surface area contributed by atoms with Crippen molar-refractivity contribution in [2.75, 3.05) is 24.6 Å². The molecule has 1 fully saturated rings. The summed E-state index contributed by atoms with van der Waals surface area (Å²) in [6.45, 7) is 5.35. The van der Waals surface area contributed by atoms with Gasteiger partial charge >= 0.3 is 0 Å². The van der Waals surface area contributed by atoms with Crippen molar-refractivity contribution in [3.05, 3.63) is 71.2 Å². The van der Waals surface area contributed by atoms with E-state index < -0.39 is 11.7 Å². The van der Waals surface area contributed by atoms with Gasteiger partial charge in [0.2, 0.25) is 0 Å². The van der Waals surface area contributed by atoms with Gasteiger partial charge in [0.05, 0.1) is 11.3 Å². The third-order valence-corrected chi connectivity index (χ3v) is 6.10. The van der Waals surface area contributed by atoms with Crippen LogP contribution in [0.25, 0.3) is 5.57 Å². The second-order valence-electron chi connectivity index (χ2n) is 8.56. The summed E-state index contributed by atoms with van der Waals surface area (Å²) in [5, 5.41) is 9.64. The third-order valence-electron chi connectivity index (χ3n) is 6.10. The van der Waals surface area contributed by atoms with Gasteiger partial charge in [-0.15, -0.1) is 0 Å². The Kier molecular flexibility index (Phi) is 5.92. The van der Waals surface area contributed by atoms with E-state index in [1.807, 2.05) is 17.0 Å². The van der Waals surface area contributed by atoms with Gasteiger partial charge in [-0.05, 0) is 60.1 Å². The fourth-order valence-corrected chi connectivity index (χ4v) is 4.35. The smallest absolute Gasteiger partial charge is 0.282 e. The quantitative estimate of drug-likeness (QED) is 0.742. The van der Waals surface area contributed by atoms with Crippen molar-refractivity contribution in [1.29, 1.82) is 0 Å². The Bertz CT molecular complexity index is 1010. The maximum Gasteiger partial charge on any atom is 0.282 e. The summed E-state index contributed by atoms with van der Waals surface area (Å²) in [5.74, 6) is -0.790. The molecule has 2 aromatic carbocycles. The van der Waals surface area contributed by atoms with Gasteiger partial charge in [-0.25, -0.2) is 9.29 Å². The molecule has 162 valence electrons. The largest absolute Gasteiger partial charge is 0.396 e. The minimum Gasteiger partial charge on any atom is -0.396 e. The first-order valence-corrected chi connectivity index (χ1v) is 10.8. The Labute approximate surface area is 181 Å². The number of anilines is 1. The fraction of sp³-hybridized carbons (Fsp3) is 0.360. The lowest BCUT2D eigenvalue weighted by atomic mass is 9.97. The fourth-order valence-electron chi connectivity index (χ4n) is 4.35. The zero-order valence-electron chi connectivity index (χ0n) is 17.8. The molecule has 6 heteroatoms. The minimum atomic E-state index is -0.407. The van der Waals surface area contributed by atoms with E-state index in [9.17, 15) is 19.1 Å². The summed E-state index contributed by atoms with van der Waals surface area (Å²) < 4.78 is 13.5. The first-order valence-electron chi connectivity index (χ1n) is 10.8. The molecule has 0 saturated carbocycles. The maximum atomic E-state index is 13.5. The predicted molar refractivity (Wildman–Crippen MR) is 118 cm³/mol. The molecule has 2 aromatic rings. The zero-order valence-corrected chi connectivity index (χ0v) is 17.8. The zero-order chi connectivity index (χ0) is 22.1. The Balaban J connectivity index is 1.77. The van der Waals surface area contributed by atoms with Crippen molar-refractivity contribution in [2.24, 2.45) is 5.92 Å². The lowest BCUT2D eigenvalue weighted by Crippen LogP contribution is -2.40. The second-order valence-corrected chi connectivity index (χ2v) is 8.56. The summed E-state index contributed by atoms with van der Waals surface area (Å²) >= 11 is 0. The second kappa shape index (κ2) is 8.63. The monoisotopic (exact) mass is 422 g/mol. The number of benzene rings is 2. The Morgan fingerprint density at radius 1 is 1.03 bits per heavy atom. The SMILES string of the molecule is CC(C)c1ccc(N2C(=O)C(c3ccc(F)cc3)=C(N3CCCC(CO)C3)C2=O)cc1. The van der Waals surface area contributed by atoms with Crippen LogP contribution in [0, 0.1) is 11.7 Å². The standard InChI is InChI=1S/C25H27FN2O3/c1-16(2)18-7-11-21(12-8-18)28-24(30)22(19-5-9-20(26)10-6-19)23(25(28)31)27-13-3-4-17(14-27)15-29/h5-12,16-17,29H,3-4,13-15H2,1-2H3. The molecule has 0 radical (unpaired) electrons. The average Bonchev–Trinajstić information content (AvgIpc) is 3.04. The summed E-state index contributed by atoms with van der Waals surface area (Å²) in [4.78, 5) is 30.2. The molecule has 0 aromatic heterocycles. The highest BCUT2D eigenvalue weighted by atomic mass is 19.1. The molecule has 5 nitrogen and oxygen atoms in total. The number of amides is 2. The number of aliphatic hydroxyl groups excluding tert-OH is 1. The van der Waals surface area contributed by atoms with Crippen molar-refractivity contribution in [2.45, 2.75) is 32.6 Å². The normalized spacial score (nSPS) is 19.7. The van der Waals surface area contributed by atoms with E-state index in [-0.39, 0.29) is 24.0 Å². The third kappa shape index (κ3) is 4.00. The summed E-state index contributed by atoms with van der Waals surface area (Å²) in [6, 6.07) is 13.1. The van der Waals surface area contributed by atoms with Gasteiger partial charge in [0, 0.05) is 19.7 Å². The highest BCUT2D eigenvalue weighted by molar-refractivity contribution is 6.45. The van der Waals surface area contributed by atoms with E-state index in [0.29, 0.717) is 36.0 Å². The molecule has 2 aliphatic heterocycles. The summed E-state index contributed by atoms with van der Waals surface area (Å²) in [6.07, 6.45) is 1.71. The molecule has 31 heavy (non-hydrogen) atoms. The number of likely N-dealkylation sites (tertiary alicyclic amines) is 1. The van der Waals surface area contributed by atoms with Crippen molar-refractivity contribution in [3.8, 4) is 0 Å². The number of piperidine rings is 1. The van der Waals surface area contributed by atoms with Crippen molar-refractivity contribution < 1.29 is 19.1 Å². The summed E-state index contributed by atoms with van der Waals surface area (Å²) in [5.41, 5.74) is 2.78. The molecule has 1 atom stereocenters. The molecule has 2 amide bonds. The lowest BCUT2D eigenvalue weighted by Gasteiger charge is -2.34. The van der Waals surface area contributed by atoms with Crippen LogP contribution in [0.4, 0.5) is 10.1 Å². The highest BCUT2D eigenvalue weighted by Crippen LogP contribution is 2.36. The van der Waals surface area contributed by atoms with E-state index in [1.165, 1.54) is 29.2 Å². The van der Waals surface area contributed by atoms with Gasteiger partial charge in [0.1, 0.15) is 11.5 Å². The number of hydrogen-bond acceptors (Lipinski definition) is 4. The van der Waals surface area contributed by atoms with Crippen LogP contribution in [-0.2, 0) is 9.59 Å². The Morgan fingerprint density at radius 3 is 2.32 bits per heavy atom. The first kappa shape index (κ1) is 21.2. The number of carbonyl (C=O) groups excluding carboxylic acids is 2. The molecule has 0 spiro atoms. The molecule has 0 aliphatic carbocycles. The van der Waals surface area contributed by atoms with Crippen LogP contribution in [-0.4, -0.2) is 41.5 Å². The number of halogens is 1. The van der Waals surface area contributed by atoms with Crippen LogP contribution in [0.15, 0.2) is 54.2 Å². The van der Waals surface area contributed by atoms with Crippen molar-refractivity contribution in [1.82, 2.24) is 4.90 Å². The van der Waals surface area contributed by atoms with E-state index >= 15 is 0 Å². The van der Waals surface area contributed by atoms with E-state index in [4.69, 9.17) is 0 Å². The minimum absolute atomic E-state index is 0.0399. The van der Waals surface area contributed by atoms with Gasteiger partial charge < -0.3 is 10.0 Å². The van der Waals surface area contributed by atoms with E-state index in [2.05, 4.69) is 13.8 Å².